The van der Waals surface area contributed by atoms with Gasteiger partial charge in [-0.15, -0.1) is 0 Å². The van der Waals surface area contributed by atoms with Gasteiger partial charge in [-0.1, -0.05) is 48.7 Å². The van der Waals surface area contributed by atoms with Crippen LogP contribution in [0.25, 0.3) is 0 Å². The second kappa shape index (κ2) is 12.0. The molecule has 3 aromatic rings. The summed E-state index contributed by atoms with van der Waals surface area (Å²) < 4.78 is 5.20. The van der Waals surface area contributed by atoms with Gasteiger partial charge in [-0.05, 0) is 74.4 Å². The Balaban J connectivity index is 1.44. The first-order valence-corrected chi connectivity index (χ1v) is 12.9. The lowest BCUT2D eigenvalue weighted by Gasteiger charge is -2.18. The normalized spacial score (nSPS) is 13.1. The molecule has 2 N–H and O–H groups in total. The highest BCUT2D eigenvalue weighted by Gasteiger charge is 2.39. The first-order valence-electron chi connectivity index (χ1n) is 12.5. The highest BCUT2D eigenvalue weighted by molar-refractivity contribution is 6.53. The highest BCUT2D eigenvalue weighted by atomic mass is 35.5. The lowest BCUT2D eigenvalue weighted by atomic mass is 10.1. The molecule has 8 nitrogen and oxygen atoms in total. The predicted molar refractivity (Wildman–Crippen MR) is 151 cm³/mol. The van der Waals surface area contributed by atoms with E-state index >= 15 is 0 Å². The van der Waals surface area contributed by atoms with Crippen molar-refractivity contribution in [1.29, 1.82) is 0 Å². The van der Waals surface area contributed by atoms with Crippen LogP contribution in [0.15, 0.2) is 77.5 Å². The van der Waals surface area contributed by atoms with Gasteiger partial charge in [-0.2, -0.15) is 0 Å². The molecular formula is C30H28ClN3O5. The van der Waals surface area contributed by atoms with E-state index in [-0.39, 0.29) is 10.7 Å². The Morgan fingerprint density at radius 1 is 0.897 bits per heavy atom. The number of nitrogens with zero attached hydrogens (tertiary/aromatic N) is 1. The molecule has 0 saturated carbocycles. The minimum Gasteiger partial charge on any atom is -0.462 e. The lowest BCUT2D eigenvalue weighted by Crippen LogP contribution is -2.32. The van der Waals surface area contributed by atoms with Crippen molar-refractivity contribution >= 4 is 52.4 Å². The molecule has 0 unspecified atom stereocenters. The fourth-order valence-electron chi connectivity index (χ4n) is 4.05. The van der Waals surface area contributed by atoms with Crippen molar-refractivity contribution in [3.63, 3.8) is 0 Å². The van der Waals surface area contributed by atoms with Gasteiger partial charge in [0.15, 0.2) is 0 Å². The summed E-state index contributed by atoms with van der Waals surface area (Å²) in [6, 6.07) is 18.3. The van der Waals surface area contributed by atoms with E-state index in [1.807, 2.05) is 32.9 Å². The van der Waals surface area contributed by atoms with Gasteiger partial charge in [0.2, 0.25) is 0 Å². The van der Waals surface area contributed by atoms with Crippen LogP contribution < -0.4 is 15.5 Å². The van der Waals surface area contributed by atoms with Crippen LogP contribution in [0.3, 0.4) is 0 Å². The molecule has 0 aromatic heterocycles. The monoisotopic (exact) mass is 545 g/mol. The Bertz CT molecular complexity index is 1480. The van der Waals surface area contributed by atoms with Crippen LogP contribution in [-0.4, -0.2) is 30.3 Å². The first kappa shape index (κ1) is 27.6. The van der Waals surface area contributed by atoms with Gasteiger partial charge in [-0.3, -0.25) is 14.4 Å². The van der Waals surface area contributed by atoms with Crippen molar-refractivity contribution in [1.82, 2.24) is 0 Å². The van der Waals surface area contributed by atoms with Crippen molar-refractivity contribution in [2.75, 3.05) is 22.1 Å². The molecule has 0 atom stereocenters. The number of rotatable bonds is 9. The third-order valence-electron chi connectivity index (χ3n) is 6.12. The molecule has 3 aromatic carbocycles. The average Bonchev–Trinajstić information content (AvgIpc) is 3.12. The number of halogens is 1. The van der Waals surface area contributed by atoms with Crippen molar-refractivity contribution in [3.8, 4) is 0 Å². The number of amides is 3. The highest BCUT2D eigenvalue weighted by Crippen LogP contribution is 2.32. The molecule has 1 aliphatic rings. The van der Waals surface area contributed by atoms with Crippen LogP contribution in [-0.2, 0) is 14.3 Å². The van der Waals surface area contributed by atoms with Crippen LogP contribution in [0.2, 0.25) is 0 Å². The molecule has 9 heteroatoms. The van der Waals surface area contributed by atoms with Gasteiger partial charge in [0, 0.05) is 16.9 Å². The maximum Gasteiger partial charge on any atom is 0.338 e. The van der Waals surface area contributed by atoms with Gasteiger partial charge in [0.25, 0.3) is 17.7 Å². The summed E-state index contributed by atoms with van der Waals surface area (Å²) in [5.74, 6) is -2.02. The summed E-state index contributed by atoms with van der Waals surface area (Å²) in [4.78, 5) is 52.0. The second-order valence-corrected chi connectivity index (χ2v) is 9.53. The predicted octanol–water partition coefficient (Wildman–Crippen LogP) is 5.95. The van der Waals surface area contributed by atoms with Gasteiger partial charge >= 0.3 is 5.97 Å². The summed E-state index contributed by atoms with van der Waals surface area (Å²) in [5, 5.41) is 5.45. The standard InChI is InChI=1S/C30H28ClN3O5/c1-4-5-15-39-30(38)20-10-12-22(13-11-20)33-27(35)21-7-6-8-23(17-21)32-26-25(31)28(36)34(29(26)37)24-14-9-18(2)16-19(24)3/h6-14,16-17,32H,4-5,15H2,1-3H3,(H,33,35). The smallest absolute Gasteiger partial charge is 0.338 e. The minimum absolute atomic E-state index is 0.0689. The van der Waals surface area contributed by atoms with E-state index in [0.717, 1.165) is 28.9 Å². The largest absolute Gasteiger partial charge is 0.462 e. The molecular weight excluding hydrogens is 518 g/mol. The van der Waals surface area contributed by atoms with Crippen LogP contribution in [0.4, 0.5) is 17.1 Å². The summed E-state index contributed by atoms with van der Waals surface area (Å²) in [7, 11) is 0. The Hall–Kier alpha value is -4.43. The van der Waals surface area contributed by atoms with E-state index in [2.05, 4.69) is 10.6 Å². The molecule has 0 aliphatic carbocycles. The molecule has 1 aliphatic heterocycles. The topological polar surface area (TPSA) is 105 Å². The number of ether oxygens (including phenoxy) is 1. The van der Waals surface area contributed by atoms with Crippen molar-refractivity contribution < 1.29 is 23.9 Å². The molecule has 0 spiro atoms. The SMILES string of the molecule is CCCCOC(=O)c1ccc(NC(=O)c2cccc(NC3=C(Cl)C(=O)N(c4ccc(C)cc4C)C3=O)c2)cc1. The maximum atomic E-state index is 13.2. The number of esters is 1. The zero-order chi connectivity index (χ0) is 28.1. The number of imide groups is 1. The second-order valence-electron chi connectivity index (χ2n) is 9.15. The Morgan fingerprint density at radius 2 is 1.64 bits per heavy atom. The van der Waals surface area contributed by atoms with Gasteiger partial charge < -0.3 is 15.4 Å². The molecule has 39 heavy (non-hydrogen) atoms. The fraction of sp³-hybridized carbons (Fsp3) is 0.200. The number of unbranched alkanes of at least 4 members (excludes halogenated alkanes) is 1. The van der Waals surface area contributed by atoms with E-state index in [1.165, 1.54) is 0 Å². The fourth-order valence-corrected chi connectivity index (χ4v) is 4.27. The molecule has 1 heterocycles. The molecule has 3 amide bonds. The summed E-state index contributed by atoms with van der Waals surface area (Å²) in [6.07, 6.45) is 1.73. The third kappa shape index (κ3) is 6.18. The zero-order valence-corrected chi connectivity index (χ0v) is 22.6. The Morgan fingerprint density at radius 3 is 2.33 bits per heavy atom. The van der Waals surface area contributed by atoms with Crippen molar-refractivity contribution in [2.45, 2.75) is 33.6 Å². The molecule has 4 rings (SSSR count). The van der Waals surface area contributed by atoms with Gasteiger partial charge in [0.05, 0.1) is 17.9 Å². The van der Waals surface area contributed by atoms with E-state index in [4.69, 9.17) is 16.3 Å². The van der Waals surface area contributed by atoms with Crippen molar-refractivity contribution in [3.05, 3.63) is 99.7 Å². The number of carbonyl (C=O) groups is 4. The summed E-state index contributed by atoms with van der Waals surface area (Å²) in [5.41, 5.74) is 3.76. The number of hydrogen-bond donors (Lipinski definition) is 2. The van der Waals surface area contributed by atoms with Gasteiger partial charge in [-0.25, -0.2) is 9.69 Å². The number of nitrogens with one attached hydrogen (secondary N) is 2. The number of anilines is 3. The summed E-state index contributed by atoms with van der Waals surface area (Å²) >= 11 is 6.27. The lowest BCUT2D eigenvalue weighted by molar-refractivity contribution is -0.120. The van der Waals surface area contributed by atoms with Crippen molar-refractivity contribution in [2.24, 2.45) is 0 Å². The molecule has 0 saturated heterocycles. The number of benzene rings is 3. The Kier molecular flexibility index (Phi) is 8.46. The van der Waals surface area contributed by atoms with E-state index in [1.54, 1.807) is 54.6 Å². The molecule has 0 radical (unpaired) electrons. The molecule has 0 bridgehead atoms. The number of carbonyl (C=O) groups excluding carboxylic acids is 4. The van der Waals surface area contributed by atoms with Crippen LogP contribution in [0, 0.1) is 13.8 Å². The van der Waals surface area contributed by atoms with Gasteiger partial charge in [0.1, 0.15) is 10.7 Å². The number of hydrogen-bond acceptors (Lipinski definition) is 6. The van der Waals surface area contributed by atoms with E-state index < -0.39 is 23.7 Å². The zero-order valence-electron chi connectivity index (χ0n) is 21.8. The quantitative estimate of drug-likeness (QED) is 0.196. The molecule has 0 fully saturated rings. The number of aryl methyl sites for hydroxylation is 2. The van der Waals surface area contributed by atoms with Crippen LogP contribution in [0.1, 0.15) is 51.6 Å². The third-order valence-corrected chi connectivity index (χ3v) is 6.47. The van der Waals surface area contributed by atoms with Crippen LogP contribution >= 0.6 is 11.6 Å². The molecule has 200 valence electrons. The average molecular weight is 546 g/mol. The van der Waals surface area contributed by atoms with E-state index in [9.17, 15) is 19.2 Å². The van der Waals surface area contributed by atoms with Crippen LogP contribution in [0.5, 0.6) is 0 Å². The first-order chi connectivity index (χ1) is 18.7. The minimum atomic E-state index is -0.622. The van der Waals surface area contributed by atoms with E-state index in [0.29, 0.717) is 34.8 Å². The Labute approximate surface area is 231 Å². The summed E-state index contributed by atoms with van der Waals surface area (Å²) in [6.45, 7) is 6.12. The maximum absolute atomic E-state index is 13.2.